The fourth-order valence-corrected chi connectivity index (χ4v) is 6.25. The molecular weight excluding hydrogens is 496 g/mol. The largest absolute Gasteiger partial charge is 0.293 e. The van der Waals surface area contributed by atoms with Gasteiger partial charge in [0.25, 0.3) is 0 Å². The zero-order chi connectivity index (χ0) is 27.2. The zero-order valence-corrected chi connectivity index (χ0v) is 22.4. The topological polar surface area (TPSA) is 16.1 Å². The maximum atomic E-state index is 4.89. The second-order valence-electron chi connectivity index (χ2n) is 10.4. The highest BCUT2D eigenvalue weighted by Gasteiger charge is 2.23. The standard InChI is InChI=1S/C39H26N2/c1-2-14-29-26-30(24-23-27(29)12-1)38-32-17-5-7-19-34(32)39(35-20-8-6-18-33(35)38)41(37-22-9-10-25-40-37)36-21-11-15-28-13-3-4-16-31(28)36/h1-26H. The molecule has 0 unspecified atom stereocenters. The van der Waals surface area contributed by atoms with E-state index >= 15 is 0 Å². The minimum Gasteiger partial charge on any atom is -0.293 e. The summed E-state index contributed by atoms with van der Waals surface area (Å²) in [4.78, 5) is 7.24. The van der Waals surface area contributed by atoms with Crippen LogP contribution in [0.25, 0.3) is 54.2 Å². The third kappa shape index (κ3) is 3.84. The molecule has 1 heterocycles. The second-order valence-corrected chi connectivity index (χ2v) is 10.4. The first-order chi connectivity index (χ1) is 20.4. The number of hydrogen-bond donors (Lipinski definition) is 0. The van der Waals surface area contributed by atoms with Gasteiger partial charge in [-0.05, 0) is 62.3 Å². The first-order valence-electron chi connectivity index (χ1n) is 14.0. The van der Waals surface area contributed by atoms with Crippen molar-refractivity contribution in [3.05, 3.63) is 158 Å². The van der Waals surface area contributed by atoms with E-state index < -0.39 is 0 Å². The van der Waals surface area contributed by atoms with Gasteiger partial charge in [-0.25, -0.2) is 4.98 Å². The van der Waals surface area contributed by atoms with E-state index in [-0.39, 0.29) is 0 Å². The van der Waals surface area contributed by atoms with Crippen LogP contribution in [-0.2, 0) is 0 Å². The molecule has 41 heavy (non-hydrogen) atoms. The molecule has 0 saturated carbocycles. The average molecular weight is 523 g/mol. The number of hydrogen-bond acceptors (Lipinski definition) is 2. The van der Waals surface area contributed by atoms with Crippen LogP contribution in [0, 0.1) is 0 Å². The molecule has 2 heteroatoms. The molecule has 0 aliphatic heterocycles. The van der Waals surface area contributed by atoms with Gasteiger partial charge in [0.05, 0.1) is 11.4 Å². The number of rotatable bonds is 4. The summed E-state index contributed by atoms with van der Waals surface area (Å²) in [7, 11) is 0. The van der Waals surface area contributed by atoms with Gasteiger partial charge in [-0.15, -0.1) is 0 Å². The maximum Gasteiger partial charge on any atom is 0.137 e. The number of nitrogens with zero attached hydrogens (tertiary/aromatic N) is 2. The SMILES string of the molecule is c1ccc(N(c2cccc3ccccc23)c2c3ccccc3c(-c3ccc4ccccc4c3)c3ccccc23)nc1. The zero-order valence-electron chi connectivity index (χ0n) is 22.4. The molecule has 0 radical (unpaired) electrons. The Balaban J connectivity index is 1.52. The summed E-state index contributed by atoms with van der Waals surface area (Å²) >= 11 is 0. The Labute approximate surface area is 238 Å². The van der Waals surface area contributed by atoms with Crippen LogP contribution in [0.1, 0.15) is 0 Å². The molecule has 0 atom stereocenters. The molecule has 0 aliphatic carbocycles. The molecule has 8 rings (SSSR count). The van der Waals surface area contributed by atoms with Gasteiger partial charge in [-0.3, -0.25) is 4.90 Å². The Kier molecular flexibility index (Phi) is 5.49. The van der Waals surface area contributed by atoms with Crippen molar-refractivity contribution in [1.82, 2.24) is 4.98 Å². The van der Waals surface area contributed by atoms with E-state index in [1.807, 2.05) is 12.3 Å². The summed E-state index contributed by atoms with van der Waals surface area (Å²) in [6.45, 7) is 0. The number of fused-ring (bicyclic) bond motifs is 4. The van der Waals surface area contributed by atoms with Crippen molar-refractivity contribution in [1.29, 1.82) is 0 Å². The van der Waals surface area contributed by atoms with Crippen LogP contribution < -0.4 is 4.90 Å². The lowest BCUT2D eigenvalue weighted by atomic mass is 9.89. The van der Waals surface area contributed by atoms with Crippen molar-refractivity contribution in [3.8, 4) is 11.1 Å². The molecule has 8 aromatic rings. The predicted octanol–water partition coefficient (Wildman–Crippen LogP) is 10.8. The monoisotopic (exact) mass is 522 g/mol. The highest BCUT2D eigenvalue weighted by molar-refractivity contribution is 6.23. The van der Waals surface area contributed by atoms with Crippen LogP contribution in [0.3, 0.4) is 0 Å². The Morgan fingerprint density at radius 2 is 1.00 bits per heavy atom. The molecule has 0 N–H and O–H groups in total. The van der Waals surface area contributed by atoms with Gasteiger partial charge in [0.2, 0.25) is 0 Å². The molecular formula is C39H26N2. The van der Waals surface area contributed by atoms with Crippen molar-refractivity contribution in [2.75, 3.05) is 4.90 Å². The third-order valence-corrected chi connectivity index (χ3v) is 8.05. The van der Waals surface area contributed by atoms with Crippen LogP contribution in [-0.4, -0.2) is 4.98 Å². The van der Waals surface area contributed by atoms with Crippen LogP contribution in [0.15, 0.2) is 158 Å². The first-order valence-corrected chi connectivity index (χ1v) is 14.0. The molecule has 0 bridgehead atoms. The maximum absolute atomic E-state index is 4.89. The fraction of sp³-hybridized carbons (Fsp3) is 0. The lowest BCUT2D eigenvalue weighted by Gasteiger charge is -2.29. The van der Waals surface area contributed by atoms with Crippen LogP contribution in [0.2, 0.25) is 0 Å². The molecule has 7 aromatic carbocycles. The summed E-state index contributed by atoms with van der Waals surface area (Å²) in [5.41, 5.74) is 4.72. The van der Waals surface area contributed by atoms with Gasteiger partial charge in [-0.1, -0.05) is 127 Å². The summed E-state index contributed by atoms with van der Waals surface area (Å²) in [6, 6.07) is 54.3. The Morgan fingerprint density at radius 1 is 0.415 bits per heavy atom. The molecule has 2 nitrogen and oxygen atoms in total. The van der Waals surface area contributed by atoms with Gasteiger partial charge in [-0.2, -0.15) is 0 Å². The molecule has 0 fully saturated rings. The smallest absolute Gasteiger partial charge is 0.137 e. The van der Waals surface area contributed by atoms with E-state index in [2.05, 4.69) is 150 Å². The van der Waals surface area contributed by atoms with Crippen LogP contribution >= 0.6 is 0 Å². The molecule has 0 spiro atoms. The van der Waals surface area contributed by atoms with E-state index in [9.17, 15) is 0 Å². The minimum atomic E-state index is 0.887. The molecule has 1 aromatic heterocycles. The number of anilines is 3. The van der Waals surface area contributed by atoms with Crippen molar-refractivity contribution >= 4 is 60.3 Å². The average Bonchev–Trinajstić information content (AvgIpc) is 3.05. The Hall–Kier alpha value is -5.47. The van der Waals surface area contributed by atoms with E-state index in [1.165, 1.54) is 54.2 Å². The first kappa shape index (κ1) is 23.4. The fourth-order valence-electron chi connectivity index (χ4n) is 6.25. The van der Waals surface area contributed by atoms with E-state index in [1.54, 1.807) is 0 Å². The quantitative estimate of drug-likeness (QED) is 0.214. The van der Waals surface area contributed by atoms with Gasteiger partial charge < -0.3 is 0 Å². The normalized spacial score (nSPS) is 11.4. The van der Waals surface area contributed by atoms with E-state index in [4.69, 9.17) is 4.98 Å². The van der Waals surface area contributed by atoms with Crippen molar-refractivity contribution in [3.63, 3.8) is 0 Å². The van der Waals surface area contributed by atoms with Gasteiger partial charge in [0, 0.05) is 22.4 Å². The molecule has 0 saturated heterocycles. The summed E-state index contributed by atoms with van der Waals surface area (Å²) in [5.74, 6) is 0.887. The molecule has 192 valence electrons. The molecule has 0 aliphatic rings. The van der Waals surface area contributed by atoms with Crippen molar-refractivity contribution in [2.24, 2.45) is 0 Å². The van der Waals surface area contributed by atoms with Crippen molar-refractivity contribution in [2.45, 2.75) is 0 Å². The summed E-state index contributed by atoms with van der Waals surface area (Å²) < 4.78 is 0. The van der Waals surface area contributed by atoms with Crippen molar-refractivity contribution < 1.29 is 0 Å². The predicted molar refractivity (Wildman–Crippen MR) is 174 cm³/mol. The Morgan fingerprint density at radius 3 is 1.71 bits per heavy atom. The summed E-state index contributed by atoms with van der Waals surface area (Å²) in [6.07, 6.45) is 1.88. The van der Waals surface area contributed by atoms with E-state index in [0.29, 0.717) is 0 Å². The van der Waals surface area contributed by atoms with Gasteiger partial charge >= 0.3 is 0 Å². The third-order valence-electron chi connectivity index (χ3n) is 8.05. The number of aromatic nitrogens is 1. The Bertz CT molecular complexity index is 2150. The number of pyridine rings is 1. The molecule has 0 amide bonds. The highest BCUT2D eigenvalue weighted by atomic mass is 15.2. The van der Waals surface area contributed by atoms with E-state index in [0.717, 1.165) is 17.2 Å². The lowest BCUT2D eigenvalue weighted by molar-refractivity contribution is 1.20. The highest BCUT2D eigenvalue weighted by Crippen LogP contribution is 2.48. The van der Waals surface area contributed by atoms with Crippen LogP contribution in [0.5, 0.6) is 0 Å². The summed E-state index contributed by atoms with van der Waals surface area (Å²) in [5, 5.41) is 9.70. The number of benzene rings is 7. The van der Waals surface area contributed by atoms with Gasteiger partial charge in [0.1, 0.15) is 5.82 Å². The second kappa shape index (κ2) is 9.62. The minimum absolute atomic E-state index is 0.887. The van der Waals surface area contributed by atoms with Crippen LogP contribution in [0.4, 0.5) is 17.2 Å². The lowest BCUT2D eigenvalue weighted by Crippen LogP contribution is -2.13. The van der Waals surface area contributed by atoms with Gasteiger partial charge in [0.15, 0.2) is 0 Å².